The quantitative estimate of drug-likeness (QED) is 0.644. The second-order valence-electron chi connectivity index (χ2n) is 6.08. The topological polar surface area (TPSA) is 67.1 Å². The zero-order chi connectivity index (χ0) is 13.4. The molecule has 5 heteroatoms. The Kier molecular flexibility index (Phi) is 3.31. The van der Waals surface area contributed by atoms with E-state index in [1.165, 1.54) is 19.3 Å². The van der Waals surface area contributed by atoms with Gasteiger partial charge in [-0.3, -0.25) is 0 Å². The number of hydrogen-bond donors (Lipinski definition) is 2. The van der Waals surface area contributed by atoms with E-state index >= 15 is 0 Å². The van der Waals surface area contributed by atoms with Crippen LogP contribution in [0.4, 0.5) is 11.6 Å². The van der Waals surface area contributed by atoms with Crippen molar-refractivity contribution in [1.29, 1.82) is 0 Å². The van der Waals surface area contributed by atoms with E-state index in [4.69, 9.17) is 10.8 Å². The van der Waals surface area contributed by atoms with Crippen LogP contribution in [0, 0.1) is 11.8 Å². The van der Waals surface area contributed by atoms with E-state index in [-0.39, 0.29) is 0 Å². The fraction of sp³-hybridized carbons (Fsp3) is 0.714. The first kappa shape index (κ1) is 12.7. The Balaban J connectivity index is 1.84. The van der Waals surface area contributed by atoms with Crippen LogP contribution in [0.3, 0.4) is 0 Å². The van der Waals surface area contributed by atoms with E-state index in [1.54, 1.807) is 0 Å². The highest BCUT2D eigenvalue weighted by Gasteiger charge is 2.29. The predicted octanol–water partition coefficient (Wildman–Crippen LogP) is 2.12. The van der Waals surface area contributed by atoms with Crippen LogP contribution in [0.1, 0.15) is 44.9 Å². The molecule has 0 radical (unpaired) electrons. The number of rotatable bonds is 3. The van der Waals surface area contributed by atoms with E-state index in [0.29, 0.717) is 11.8 Å². The van der Waals surface area contributed by atoms with E-state index < -0.39 is 0 Å². The molecule has 1 aromatic heterocycles. The minimum atomic E-state index is 0.549. The molecule has 1 aliphatic heterocycles. The number of anilines is 2. The summed E-state index contributed by atoms with van der Waals surface area (Å²) in [6, 6.07) is 1.97. The Morgan fingerprint density at radius 1 is 1.21 bits per heavy atom. The summed E-state index contributed by atoms with van der Waals surface area (Å²) >= 11 is 0. The lowest BCUT2D eigenvalue weighted by molar-refractivity contribution is 0.322. The summed E-state index contributed by atoms with van der Waals surface area (Å²) in [4.78, 5) is 11.6. The lowest BCUT2D eigenvalue weighted by Crippen LogP contribution is -2.39. The number of piperidine rings is 1. The third-order valence-corrected chi connectivity index (χ3v) is 4.48. The third-order valence-electron chi connectivity index (χ3n) is 4.48. The molecule has 1 saturated carbocycles. The summed E-state index contributed by atoms with van der Waals surface area (Å²) in [6.45, 7) is 6.81. The summed E-state index contributed by atoms with van der Waals surface area (Å²) in [5.74, 6) is 10.3. The molecule has 19 heavy (non-hydrogen) atoms. The second-order valence-corrected chi connectivity index (χ2v) is 6.08. The van der Waals surface area contributed by atoms with Crippen LogP contribution in [0.5, 0.6) is 0 Å². The van der Waals surface area contributed by atoms with Gasteiger partial charge in [0.15, 0.2) is 0 Å². The molecule has 0 aromatic carbocycles. The molecule has 0 amide bonds. The van der Waals surface area contributed by atoms with Crippen LogP contribution in [0.2, 0.25) is 0 Å². The van der Waals surface area contributed by atoms with Crippen LogP contribution in [-0.4, -0.2) is 23.1 Å². The molecule has 5 nitrogen and oxygen atoms in total. The molecule has 2 atom stereocenters. The zero-order valence-electron chi connectivity index (χ0n) is 11.8. The molecule has 0 spiro atoms. The minimum absolute atomic E-state index is 0.549. The Bertz CT molecular complexity index is 457. The highest BCUT2D eigenvalue weighted by molar-refractivity contribution is 5.49. The van der Waals surface area contributed by atoms with E-state index in [1.807, 2.05) is 6.07 Å². The van der Waals surface area contributed by atoms with E-state index in [0.717, 1.165) is 36.5 Å². The van der Waals surface area contributed by atoms with Gasteiger partial charge in [0.05, 0.1) is 0 Å². The van der Waals surface area contributed by atoms with Gasteiger partial charge in [-0.2, -0.15) is 0 Å². The molecule has 1 aromatic rings. The fourth-order valence-corrected chi connectivity index (χ4v) is 2.68. The van der Waals surface area contributed by atoms with Crippen LogP contribution in [0.25, 0.3) is 0 Å². The van der Waals surface area contributed by atoms with E-state index in [9.17, 15) is 0 Å². The standard InChI is InChI=1S/C14H23N5/c1-9-5-6-19(8-10(9)2)13-7-12(18-15)16-14(17-13)11-3-4-11/h7,9-11H,3-6,8,15H2,1-2H3,(H,16,17,18). The van der Waals surface area contributed by atoms with Crippen molar-refractivity contribution in [2.24, 2.45) is 17.7 Å². The number of nitrogen functional groups attached to an aromatic ring is 1. The van der Waals surface area contributed by atoms with Gasteiger partial charge >= 0.3 is 0 Å². The molecule has 2 aliphatic rings. The highest BCUT2D eigenvalue weighted by Crippen LogP contribution is 2.39. The zero-order valence-corrected chi connectivity index (χ0v) is 11.8. The first-order valence-corrected chi connectivity index (χ1v) is 7.28. The van der Waals surface area contributed by atoms with Crippen molar-refractivity contribution in [3.63, 3.8) is 0 Å². The largest absolute Gasteiger partial charge is 0.356 e. The number of nitrogens with zero attached hydrogens (tertiary/aromatic N) is 3. The Morgan fingerprint density at radius 3 is 2.63 bits per heavy atom. The normalized spacial score (nSPS) is 27.4. The van der Waals surface area contributed by atoms with Crippen LogP contribution in [-0.2, 0) is 0 Å². The number of hydrazine groups is 1. The summed E-state index contributed by atoms with van der Waals surface area (Å²) < 4.78 is 0. The molecular weight excluding hydrogens is 238 g/mol. The maximum Gasteiger partial charge on any atom is 0.145 e. The van der Waals surface area contributed by atoms with Gasteiger partial charge in [0, 0.05) is 25.1 Å². The average Bonchev–Trinajstić information content (AvgIpc) is 3.26. The molecule has 3 N–H and O–H groups in total. The first-order chi connectivity index (χ1) is 9.17. The first-order valence-electron chi connectivity index (χ1n) is 7.28. The van der Waals surface area contributed by atoms with Crippen molar-refractivity contribution in [3.8, 4) is 0 Å². The molecule has 104 valence electrons. The molecule has 1 aliphatic carbocycles. The second kappa shape index (κ2) is 4.96. The van der Waals surface area contributed by atoms with Crippen molar-refractivity contribution < 1.29 is 0 Å². The summed E-state index contributed by atoms with van der Waals surface area (Å²) in [5, 5.41) is 0. The van der Waals surface area contributed by atoms with Gasteiger partial charge in [0.25, 0.3) is 0 Å². The maximum absolute atomic E-state index is 5.53. The SMILES string of the molecule is CC1CCN(c2cc(NN)nc(C3CC3)n2)CC1C. The number of hydrogen-bond acceptors (Lipinski definition) is 5. The van der Waals surface area contributed by atoms with Crippen molar-refractivity contribution in [3.05, 3.63) is 11.9 Å². The monoisotopic (exact) mass is 261 g/mol. The number of nitrogens with one attached hydrogen (secondary N) is 1. The van der Waals surface area contributed by atoms with Gasteiger partial charge in [0.2, 0.25) is 0 Å². The lowest BCUT2D eigenvalue weighted by atomic mass is 9.89. The fourth-order valence-electron chi connectivity index (χ4n) is 2.68. The minimum Gasteiger partial charge on any atom is -0.356 e. The average molecular weight is 261 g/mol. The van der Waals surface area contributed by atoms with Gasteiger partial charge in [-0.1, -0.05) is 13.8 Å². The predicted molar refractivity (Wildman–Crippen MR) is 77.0 cm³/mol. The molecule has 3 rings (SSSR count). The van der Waals surface area contributed by atoms with Crippen molar-refractivity contribution >= 4 is 11.6 Å². The third kappa shape index (κ3) is 2.66. The van der Waals surface area contributed by atoms with Crippen LogP contribution in [0.15, 0.2) is 6.07 Å². The Labute approximate surface area is 114 Å². The number of nitrogens with two attached hydrogens (primary N) is 1. The molecule has 0 bridgehead atoms. The number of aromatic nitrogens is 2. The van der Waals surface area contributed by atoms with Gasteiger partial charge in [-0.25, -0.2) is 15.8 Å². The van der Waals surface area contributed by atoms with E-state index in [2.05, 4.69) is 29.2 Å². The van der Waals surface area contributed by atoms with Crippen molar-refractivity contribution in [1.82, 2.24) is 9.97 Å². The Hall–Kier alpha value is -1.36. The summed E-state index contributed by atoms with van der Waals surface area (Å²) in [7, 11) is 0. The molecular formula is C14H23N5. The molecule has 1 saturated heterocycles. The van der Waals surface area contributed by atoms with Gasteiger partial charge < -0.3 is 10.3 Å². The Morgan fingerprint density at radius 2 is 2.00 bits per heavy atom. The molecule has 2 unspecified atom stereocenters. The maximum atomic E-state index is 5.53. The highest BCUT2D eigenvalue weighted by atomic mass is 15.3. The van der Waals surface area contributed by atoms with Crippen LogP contribution < -0.4 is 16.2 Å². The molecule has 2 fully saturated rings. The van der Waals surface area contributed by atoms with Gasteiger partial charge in [-0.05, 0) is 31.1 Å². The van der Waals surface area contributed by atoms with Gasteiger partial charge in [0.1, 0.15) is 17.5 Å². The van der Waals surface area contributed by atoms with Crippen molar-refractivity contribution in [2.75, 3.05) is 23.4 Å². The van der Waals surface area contributed by atoms with Gasteiger partial charge in [-0.15, -0.1) is 0 Å². The van der Waals surface area contributed by atoms with Crippen LogP contribution >= 0.6 is 0 Å². The smallest absolute Gasteiger partial charge is 0.145 e. The summed E-state index contributed by atoms with van der Waals surface area (Å²) in [5.41, 5.74) is 2.67. The summed E-state index contributed by atoms with van der Waals surface area (Å²) in [6.07, 6.45) is 3.65. The lowest BCUT2D eigenvalue weighted by Gasteiger charge is -2.36. The van der Waals surface area contributed by atoms with Crippen molar-refractivity contribution in [2.45, 2.75) is 39.0 Å². The molecule has 2 heterocycles.